The molecule has 0 unspecified atom stereocenters. The fourth-order valence-corrected chi connectivity index (χ4v) is 4.05. The van der Waals surface area contributed by atoms with Crippen molar-refractivity contribution in [2.75, 3.05) is 23.8 Å². The van der Waals surface area contributed by atoms with Gasteiger partial charge in [0, 0.05) is 42.3 Å². The first-order valence-corrected chi connectivity index (χ1v) is 9.66. The average Bonchev–Trinajstić information content (AvgIpc) is 2.99. The van der Waals surface area contributed by atoms with Crippen LogP contribution < -0.4 is 20.7 Å². The number of nitrogens with one attached hydrogen (secondary N) is 3. The van der Waals surface area contributed by atoms with E-state index in [1.165, 1.54) is 0 Å². The summed E-state index contributed by atoms with van der Waals surface area (Å²) < 4.78 is 7.51. The number of amides is 2. The zero-order valence-electron chi connectivity index (χ0n) is 16.6. The first kappa shape index (κ1) is 18.2. The van der Waals surface area contributed by atoms with E-state index in [1.807, 2.05) is 30.5 Å². The van der Waals surface area contributed by atoms with Gasteiger partial charge in [-0.05, 0) is 37.6 Å². The molecule has 1 aromatic carbocycles. The van der Waals surface area contributed by atoms with Crippen LogP contribution in [0.3, 0.4) is 0 Å². The lowest BCUT2D eigenvalue weighted by molar-refractivity contribution is -0.118. The molecule has 5 rings (SSSR count). The predicted octanol–water partition coefficient (Wildman–Crippen LogP) is 2.38. The minimum absolute atomic E-state index is 0.00606. The Morgan fingerprint density at radius 3 is 2.90 bits per heavy atom. The average molecular weight is 404 g/mol. The molecule has 0 saturated heterocycles. The smallest absolute Gasteiger partial charge is 0.268 e. The summed E-state index contributed by atoms with van der Waals surface area (Å²) in [5.74, 6) is 0.795. The highest BCUT2D eigenvalue weighted by Gasteiger charge is 2.26. The van der Waals surface area contributed by atoms with Crippen LogP contribution in [-0.2, 0) is 11.3 Å². The summed E-state index contributed by atoms with van der Waals surface area (Å²) in [6, 6.07) is 7.23. The third kappa shape index (κ3) is 2.95. The number of rotatable bonds is 3. The quantitative estimate of drug-likeness (QED) is 0.618. The second kappa shape index (κ2) is 6.87. The van der Waals surface area contributed by atoms with E-state index in [1.54, 1.807) is 18.3 Å². The van der Waals surface area contributed by atoms with Crippen molar-refractivity contribution in [1.29, 1.82) is 0 Å². The van der Waals surface area contributed by atoms with Gasteiger partial charge in [0.25, 0.3) is 11.8 Å². The molecule has 2 aliphatic heterocycles. The summed E-state index contributed by atoms with van der Waals surface area (Å²) in [5.41, 5.74) is 5.69. The largest absolute Gasteiger partial charge is 0.482 e. The van der Waals surface area contributed by atoms with Crippen molar-refractivity contribution in [3.8, 4) is 17.0 Å². The highest BCUT2D eigenvalue weighted by molar-refractivity contribution is 5.98. The number of ether oxygens (including phenoxy) is 1. The van der Waals surface area contributed by atoms with Crippen molar-refractivity contribution in [3.63, 3.8) is 0 Å². The third-order valence-electron chi connectivity index (χ3n) is 5.39. The molecule has 9 heteroatoms. The van der Waals surface area contributed by atoms with Crippen molar-refractivity contribution in [1.82, 2.24) is 19.9 Å². The Balaban J connectivity index is 1.48. The van der Waals surface area contributed by atoms with E-state index in [2.05, 4.69) is 25.9 Å². The van der Waals surface area contributed by atoms with Crippen LogP contribution in [0.1, 0.15) is 21.7 Å². The Bertz CT molecular complexity index is 1200. The number of hydrogen-bond donors (Lipinski definition) is 3. The molecule has 4 heterocycles. The van der Waals surface area contributed by atoms with E-state index >= 15 is 0 Å². The highest BCUT2D eigenvalue weighted by Crippen LogP contribution is 2.34. The first-order valence-electron chi connectivity index (χ1n) is 9.66. The highest BCUT2D eigenvalue weighted by atomic mass is 16.5. The Kier molecular flexibility index (Phi) is 4.16. The van der Waals surface area contributed by atoms with Crippen molar-refractivity contribution in [2.24, 2.45) is 0 Å². The lowest BCUT2D eigenvalue weighted by Crippen LogP contribution is -2.35. The van der Waals surface area contributed by atoms with Crippen LogP contribution in [0.15, 0.2) is 30.5 Å². The van der Waals surface area contributed by atoms with Gasteiger partial charge in [-0.15, -0.1) is 0 Å². The van der Waals surface area contributed by atoms with Gasteiger partial charge >= 0.3 is 0 Å². The lowest BCUT2D eigenvalue weighted by atomic mass is 10.1. The Labute approximate surface area is 172 Å². The second-order valence-electron chi connectivity index (χ2n) is 7.28. The molecule has 30 heavy (non-hydrogen) atoms. The minimum atomic E-state index is -0.172. The van der Waals surface area contributed by atoms with Crippen molar-refractivity contribution in [3.05, 3.63) is 47.4 Å². The fourth-order valence-electron chi connectivity index (χ4n) is 4.05. The maximum Gasteiger partial charge on any atom is 0.268 e. The van der Waals surface area contributed by atoms with E-state index in [-0.39, 0.29) is 18.4 Å². The molecule has 0 saturated carbocycles. The van der Waals surface area contributed by atoms with Gasteiger partial charge in [0.1, 0.15) is 11.4 Å². The summed E-state index contributed by atoms with van der Waals surface area (Å²) >= 11 is 0. The predicted molar refractivity (Wildman–Crippen MR) is 111 cm³/mol. The van der Waals surface area contributed by atoms with Gasteiger partial charge in [-0.1, -0.05) is 0 Å². The second-order valence-corrected chi connectivity index (χ2v) is 7.28. The van der Waals surface area contributed by atoms with Gasteiger partial charge in [0.05, 0.1) is 11.4 Å². The molecule has 0 radical (unpaired) electrons. The molecule has 2 aromatic heterocycles. The zero-order valence-corrected chi connectivity index (χ0v) is 16.6. The van der Waals surface area contributed by atoms with Crippen molar-refractivity contribution in [2.45, 2.75) is 20.4 Å². The number of benzene rings is 1. The van der Waals surface area contributed by atoms with Crippen LogP contribution in [0, 0.1) is 13.8 Å². The number of anilines is 3. The number of carbonyl (C=O) groups excluding carboxylic acids is 2. The maximum atomic E-state index is 12.3. The molecule has 0 atom stereocenters. The van der Waals surface area contributed by atoms with Crippen LogP contribution in [0.25, 0.3) is 11.3 Å². The van der Waals surface area contributed by atoms with Gasteiger partial charge in [0.15, 0.2) is 6.61 Å². The molecule has 3 N–H and O–H groups in total. The first-order chi connectivity index (χ1) is 14.5. The van der Waals surface area contributed by atoms with E-state index < -0.39 is 0 Å². The fraction of sp³-hybridized carbons (Fsp3) is 0.238. The number of carbonyl (C=O) groups is 2. The van der Waals surface area contributed by atoms with E-state index in [0.29, 0.717) is 29.6 Å². The van der Waals surface area contributed by atoms with E-state index in [4.69, 9.17) is 4.74 Å². The summed E-state index contributed by atoms with van der Waals surface area (Å²) in [6.07, 6.45) is 1.69. The van der Waals surface area contributed by atoms with Crippen LogP contribution in [0.5, 0.6) is 5.75 Å². The van der Waals surface area contributed by atoms with Crippen molar-refractivity contribution >= 4 is 29.1 Å². The summed E-state index contributed by atoms with van der Waals surface area (Å²) in [5, 5.41) is 8.85. The van der Waals surface area contributed by atoms with Crippen LogP contribution >= 0.6 is 0 Å². The molecular formula is C21H20N6O3. The molecule has 3 aromatic rings. The van der Waals surface area contributed by atoms with Gasteiger partial charge in [0.2, 0.25) is 5.95 Å². The van der Waals surface area contributed by atoms with Gasteiger partial charge < -0.3 is 25.3 Å². The van der Waals surface area contributed by atoms with Gasteiger partial charge in [-0.2, -0.15) is 0 Å². The third-order valence-corrected chi connectivity index (χ3v) is 5.39. The molecule has 2 amide bonds. The number of aromatic nitrogens is 3. The monoisotopic (exact) mass is 404 g/mol. The molecule has 0 bridgehead atoms. The molecular weight excluding hydrogens is 384 g/mol. The summed E-state index contributed by atoms with van der Waals surface area (Å²) in [4.78, 5) is 32.8. The Morgan fingerprint density at radius 1 is 1.20 bits per heavy atom. The minimum Gasteiger partial charge on any atom is -0.482 e. The number of nitrogens with zero attached hydrogens (tertiary/aromatic N) is 3. The number of fused-ring (bicyclic) bond motifs is 2. The lowest BCUT2D eigenvalue weighted by Gasteiger charge is -2.18. The zero-order chi connectivity index (χ0) is 20.8. The molecule has 0 spiro atoms. The normalized spacial score (nSPS) is 14.9. The van der Waals surface area contributed by atoms with Crippen LogP contribution in [0.2, 0.25) is 0 Å². The maximum absolute atomic E-state index is 12.3. The van der Waals surface area contributed by atoms with Crippen LogP contribution in [0.4, 0.5) is 17.3 Å². The van der Waals surface area contributed by atoms with Gasteiger partial charge in [-0.3, -0.25) is 9.59 Å². The topological polar surface area (TPSA) is 110 Å². The summed E-state index contributed by atoms with van der Waals surface area (Å²) in [6.45, 7) is 5.32. The molecule has 0 aliphatic carbocycles. The molecule has 2 aliphatic rings. The molecule has 0 fully saturated rings. The summed E-state index contributed by atoms with van der Waals surface area (Å²) in [7, 11) is 0. The van der Waals surface area contributed by atoms with Gasteiger partial charge in [-0.25, -0.2) is 9.97 Å². The standard InChI is InChI=1S/C21H20N6O3/c1-11-18(12(2)27-8-7-22-20(29)19(11)27)15-5-6-23-21(26-15)24-13-3-4-14-16(9-13)30-10-17(28)25-14/h3-6,9H,7-8,10H2,1-2H3,(H,22,29)(H,25,28)(H,23,24,26). The van der Waals surface area contributed by atoms with E-state index in [0.717, 1.165) is 34.7 Å². The van der Waals surface area contributed by atoms with E-state index in [9.17, 15) is 9.59 Å². The number of hydrogen-bond acceptors (Lipinski definition) is 6. The Hall–Kier alpha value is -3.88. The SMILES string of the molecule is Cc1c(-c2ccnc(Nc3ccc4c(c3)OCC(=O)N4)n2)c(C)n2c1C(=O)NCC2. The van der Waals surface area contributed by atoms with Crippen LogP contribution in [-0.4, -0.2) is 39.5 Å². The Morgan fingerprint density at radius 2 is 2.07 bits per heavy atom. The molecule has 9 nitrogen and oxygen atoms in total. The molecule has 152 valence electrons. The van der Waals surface area contributed by atoms with Crippen molar-refractivity contribution < 1.29 is 14.3 Å².